The molecule has 0 saturated carbocycles. The van der Waals surface area contributed by atoms with Crippen molar-refractivity contribution in [1.82, 2.24) is 24.2 Å². The largest absolute Gasteiger partial charge is 0.388 e. The third kappa shape index (κ3) is 4.00. The highest BCUT2D eigenvalue weighted by Crippen LogP contribution is 2.35. The number of aliphatic hydroxyl groups is 1. The van der Waals surface area contributed by atoms with Crippen molar-refractivity contribution in [2.45, 2.75) is 43.7 Å². The summed E-state index contributed by atoms with van der Waals surface area (Å²) >= 11 is 0. The minimum absolute atomic E-state index is 0.128. The number of anilines is 1. The average Bonchev–Trinajstić information content (AvgIpc) is 3.43. The SMILES string of the molecule is O=S(=O)(O)NC[C@@H]1C[C@@H](O)[C@H](n2cnc3c(N[C@H]4CCc5ccccc54)ncnc32)O1. The molecule has 3 aromatic rings. The molecule has 1 aliphatic heterocycles. The van der Waals surface area contributed by atoms with E-state index < -0.39 is 28.7 Å². The zero-order chi connectivity index (χ0) is 21.6. The molecule has 1 saturated heterocycles. The lowest BCUT2D eigenvalue weighted by Gasteiger charge is -2.17. The molecule has 1 fully saturated rings. The second kappa shape index (κ2) is 7.80. The first-order valence-corrected chi connectivity index (χ1v) is 11.4. The fraction of sp³-hybridized carbons (Fsp3) is 0.421. The monoisotopic (exact) mass is 446 g/mol. The molecule has 0 amide bonds. The van der Waals surface area contributed by atoms with Crippen LogP contribution in [0.3, 0.4) is 0 Å². The normalized spacial score (nSPS) is 25.7. The number of aryl methyl sites for hydroxylation is 1. The molecular weight excluding hydrogens is 424 g/mol. The maximum Gasteiger partial charge on any atom is 0.333 e. The standard InChI is InChI=1S/C19H22N6O5S/c26-15-7-12(8-23-31(27,28)29)30-19(15)25-10-22-16-17(20-9-21-18(16)25)24-14-6-5-11-3-1-2-4-13(11)14/h1-4,9-10,12,14-15,19,23,26H,5-8H2,(H,20,21,24)(H,27,28,29)/t12-,14-,15+,19+/m0/s1. The van der Waals surface area contributed by atoms with Crippen LogP contribution in [-0.4, -0.2) is 56.3 Å². The molecule has 31 heavy (non-hydrogen) atoms. The molecule has 1 aromatic carbocycles. The van der Waals surface area contributed by atoms with Crippen molar-refractivity contribution < 1.29 is 22.8 Å². The number of rotatable bonds is 6. The van der Waals surface area contributed by atoms with Crippen molar-refractivity contribution in [1.29, 1.82) is 0 Å². The molecule has 11 nitrogen and oxygen atoms in total. The first-order chi connectivity index (χ1) is 14.9. The van der Waals surface area contributed by atoms with Crippen LogP contribution in [-0.2, 0) is 21.5 Å². The van der Waals surface area contributed by atoms with Crippen LogP contribution in [0.4, 0.5) is 5.82 Å². The highest BCUT2D eigenvalue weighted by molar-refractivity contribution is 7.83. The molecule has 5 rings (SSSR count). The third-order valence-electron chi connectivity index (χ3n) is 5.74. The molecule has 0 radical (unpaired) electrons. The van der Waals surface area contributed by atoms with Crippen LogP contribution in [0.15, 0.2) is 36.9 Å². The van der Waals surface area contributed by atoms with E-state index in [9.17, 15) is 13.5 Å². The average molecular weight is 446 g/mol. The Morgan fingerprint density at radius 1 is 1.23 bits per heavy atom. The predicted molar refractivity (Wildman–Crippen MR) is 111 cm³/mol. The van der Waals surface area contributed by atoms with E-state index in [0.717, 1.165) is 12.8 Å². The van der Waals surface area contributed by atoms with Crippen molar-refractivity contribution in [2.75, 3.05) is 11.9 Å². The Balaban J connectivity index is 1.38. The van der Waals surface area contributed by atoms with Gasteiger partial charge in [0.25, 0.3) is 0 Å². The van der Waals surface area contributed by atoms with Gasteiger partial charge in [0.05, 0.1) is 18.5 Å². The molecule has 4 N–H and O–H groups in total. The Kier molecular flexibility index (Phi) is 5.10. The number of fused-ring (bicyclic) bond motifs is 2. The van der Waals surface area contributed by atoms with Crippen LogP contribution in [0, 0.1) is 0 Å². The number of aliphatic hydroxyl groups excluding tert-OH is 1. The lowest BCUT2D eigenvalue weighted by Crippen LogP contribution is -2.31. The van der Waals surface area contributed by atoms with Gasteiger partial charge in [0.2, 0.25) is 0 Å². The topological polar surface area (TPSA) is 151 Å². The van der Waals surface area contributed by atoms with Crippen molar-refractivity contribution in [3.05, 3.63) is 48.0 Å². The number of nitrogens with zero attached hydrogens (tertiary/aromatic N) is 4. The van der Waals surface area contributed by atoms with Gasteiger partial charge in [-0.05, 0) is 24.0 Å². The Hall–Kier alpha value is -2.64. The number of hydrogen-bond donors (Lipinski definition) is 4. The van der Waals surface area contributed by atoms with E-state index in [2.05, 4.69) is 32.4 Å². The summed E-state index contributed by atoms with van der Waals surface area (Å²) in [6, 6.07) is 8.43. The van der Waals surface area contributed by atoms with Gasteiger partial charge in [-0.1, -0.05) is 24.3 Å². The zero-order valence-electron chi connectivity index (χ0n) is 16.4. The first-order valence-electron chi connectivity index (χ1n) is 9.96. The van der Waals surface area contributed by atoms with Gasteiger partial charge in [0.1, 0.15) is 12.4 Å². The zero-order valence-corrected chi connectivity index (χ0v) is 17.2. The molecule has 0 bridgehead atoms. The molecule has 4 atom stereocenters. The summed E-state index contributed by atoms with van der Waals surface area (Å²) in [6.07, 6.45) is 2.83. The summed E-state index contributed by atoms with van der Waals surface area (Å²) in [5.41, 5.74) is 3.62. The van der Waals surface area contributed by atoms with Crippen LogP contribution < -0.4 is 10.0 Å². The molecule has 2 aromatic heterocycles. The van der Waals surface area contributed by atoms with Crippen LogP contribution in [0.2, 0.25) is 0 Å². The van der Waals surface area contributed by atoms with E-state index >= 15 is 0 Å². The fourth-order valence-electron chi connectivity index (χ4n) is 4.33. The van der Waals surface area contributed by atoms with E-state index in [1.54, 1.807) is 4.57 Å². The van der Waals surface area contributed by atoms with Crippen LogP contribution >= 0.6 is 0 Å². The number of imidazole rings is 1. The van der Waals surface area contributed by atoms with E-state index in [1.807, 2.05) is 16.9 Å². The van der Waals surface area contributed by atoms with Crippen LogP contribution in [0.25, 0.3) is 11.2 Å². The summed E-state index contributed by atoms with van der Waals surface area (Å²) in [7, 11) is -4.33. The molecule has 12 heteroatoms. The maximum atomic E-state index is 10.9. The van der Waals surface area contributed by atoms with Crippen molar-refractivity contribution in [2.24, 2.45) is 0 Å². The van der Waals surface area contributed by atoms with Gasteiger partial charge in [0, 0.05) is 13.0 Å². The highest BCUT2D eigenvalue weighted by Gasteiger charge is 2.37. The number of nitrogens with one attached hydrogen (secondary N) is 2. The first kappa shape index (κ1) is 20.3. The van der Waals surface area contributed by atoms with Crippen LogP contribution in [0.5, 0.6) is 0 Å². The second-order valence-corrected chi connectivity index (χ2v) is 8.99. The number of benzene rings is 1. The Bertz CT molecular complexity index is 1220. The minimum Gasteiger partial charge on any atom is -0.388 e. The van der Waals surface area contributed by atoms with Gasteiger partial charge in [0.15, 0.2) is 23.2 Å². The van der Waals surface area contributed by atoms with Crippen molar-refractivity contribution in [3.63, 3.8) is 0 Å². The molecular formula is C19H22N6O5S. The second-order valence-electron chi connectivity index (χ2n) is 7.76. The van der Waals surface area contributed by atoms with E-state index in [1.165, 1.54) is 23.8 Å². The molecule has 0 unspecified atom stereocenters. The molecule has 3 heterocycles. The minimum atomic E-state index is -4.33. The summed E-state index contributed by atoms with van der Waals surface area (Å²) in [4.78, 5) is 13.1. The Morgan fingerprint density at radius 2 is 2.06 bits per heavy atom. The van der Waals surface area contributed by atoms with E-state index in [0.29, 0.717) is 17.0 Å². The molecule has 164 valence electrons. The summed E-state index contributed by atoms with van der Waals surface area (Å²) in [5, 5.41) is 13.9. The number of hydrogen-bond acceptors (Lipinski definition) is 8. The number of aromatic nitrogens is 4. The smallest absolute Gasteiger partial charge is 0.333 e. The van der Waals surface area contributed by atoms with Crippen LogP contribution in [0.1, 0.15) is 36.2 Å². The fourth-order valence-corrected chi connectivity index (χ4v) is 4.72. The van der Waals surface area contributed by atoms with E-state index in [-0.39, 0.29) is 19.0 Å². The number of ether oxygens (including phenoxy) is 1. The lowest BCUT2D eigenvalue weighted by molar-refractivity contribution is -0.0331. The van der Waals surface area contributed by atoms with Gasteiger partial charge >= 0.3 is 10.3 Å². The van der Waals surface area contributed by atoms with Gasteiger partial charge < -0.3 is 15.2 Å². The van der Waals surface area contributed by atoms with Crippen molar-refractivity contribution in [3.8, 4) is 0 Å². The Morgan fingerprint density at radius 3 is 2.90 bits per heavy atom. The Labute approximate surface area is 178 Å². The van der Waals surface area contributed by atoms with Gasteiger partial charge in [-0.3, -0.25) is 9.12 Å². The van der Waals surface area contributed by atoms with Gasteiger partial charge in [-0.2, -0.15) is 13.1 Å². The van der Waals surface area contributed by atoms with Gasteiger partial charge in [-0.25, -0.2) is 15.0 Å². The van der Waals surface area contributed by atoms with E-state index in [4.69, 9.17) is 9.29 Å². The van der Waals surface area contributed by atoms with Crippen molar-refractivity contribution >= 4 is 27.3 Å². The third-order valence-corrected chi connectivity index (χ3v) is 6.27. The molecule has 0 spiro atoms. The lowest BCUT2D eigenvalue weighted by atomic mass is 10.1. The molecule has 2 aliphatic rings. The quantitative estimate of drug-likeness (QED) is 0.406. The van der Waals surface area contributed by atoms with Gasteiger partial charge in [-0.15, -0.1) is 0 Å². The highest BCUT2D eigenvalue weighted by atomic mass is 32.2. The summed E-state index contributed by atoms with van der Waals surface area (Å²) in [5.74, 6) is 0.600. The maximum absolute atomic E-state index is 10.9. The predicted octanol–water partition coefficient (Wildman–Crippen LogP) is 0.966. The summed E-state index contributed by atoms with van der Waals surface area (Å²) < 4.78 is 40.0. The molecule has 1 aliphatic carbocycles. The summed E-state index contributed by atoms with van der Waals surface area (Å²) in [6.45, 7) is -0.151.